The third kappa shape index (κ3) is 5.73. The van der Waals surface area contributed by atoms with Gasteiger partial charge in [-0.2, -0.15) is 0 Å². The first-order valence-corrected chi connectivity index (χ1v) is 10.2. The van der Waals surface area contributed by atoms with Gasteiger partial charge in [0, 0.05) is 12.1 Å². The number of carbonyl (C=O) groups excluding carboxylic acids is 1. The molecule has 154 valence electrons. The number of ether oxygens (including phenoxy) is 2. The lowest BCUT2D eigenvalue weighted by atomic mass is 10.1. The number of hydrogen-bond acceptors (Lipinski definition) is 3. The molecule has 4 aromatic rings. The van der Waals surface area contributed by atoms with E-state index in [1.165, 1.54) is 5.56 Å². The first-order valence-electron chi connectivity index (χ1n) is 10.2. The lowest BCUT2D eigenvalue weighted by molar-refractivity contribution is 0.102. The number of amides is 1. The number of carbonyl (C=O) groups is 1. The van der Waals surface area contributed by atoms with Gasteiger partial charge in [0.25, 0.3) is 5.91 Å². The van der Waals surface area contributed by atoms with Crippen molar-refractivity contribution in [3.05, 3.63) is 120 Å². The maximum Gasteiger partial charge on any atom is 0.259 e. The van der Waals surface area contributed by atoms with E-state index < -0.39 is 0 Å². The molecule has 0 bridgehead atoms. The fourth-order valence-electron chi connectivity index (χ4n) is 3.13. The van der Waals surface area contributed by atoms with Gasteiger partial charge in [-0.25, -0.2) is 0 Å². The highest BCUT2D eigenvalue weighted by Gasteiger charge is 2.12. The van der Waals surface area contributed by atoms with Gasteiger partial charge in [-0.1, -0.05) is 60.7 Å². The largest absolute Gasteiger partial charge is 0.492 e. The minimum atomic E-state index is -0.216. The van der Waals surface area contributed by atoms with Gasteiger partial charge >= 0.3 is 0 Å². The SMILES string of the molecule is O=C(Nc1ccc(Oc2ccccc2)cc1)c1ccccc1OCCc1ccccc1. The first-order chi connectivity index (χ1) is 15.3. The smallest absolute Gasteiger partial charge is 0.259 e. The van der Waals surface area contributed by atoms with Crippen LogP contribution < -0.4 is 14.8 Å². The molecular weight excluding hydrogens is 386 g/mol. The molecule has 0 aliphatic rings. The van der Waals surface area contributed by atoms with Gasteiger partial charge in [0.05, 0.1) is 12.2 Å². The van der Waals surface area contributed by atoms with Gasteiger partial charge in [-0.15, -0.1) is 0 Å². The Morgan fingerprint density at radius 1 is 0.677 bits per heavy atom. The van der Waals surface area contributed by atoms with Crippen LogP contribution >= 0.6 is 0 Å². The third-order valence-corrected chi connectivity index (χ3v) is 4.71. The summed E-state index contributed by atoms with van der Waals surface area (Å²) in [5.74, 6) is 1.82. The maximum atomic E-state index is 12.8. The summed E-state index contributed by atoms with van der Waals surface area (Å²) < 4.78 is 11.7. The molecule has 31 heavy (non-hydrogen) atoms. The number of para-hydroxylation sites is 2. The molecule has 0 saturated heterocycles. The molecule has 0 aliphatic carbocycles. The van der Waals surface area contributed by atoms with Gasteiger partial charge in [-0.05, 0) is 54.1 Å². The number of benzene rings is 4. The molecule has 0 aliphatic heterocycles. The number of hydrogen-bond donors (Lipinski definition) is 1. The highest BCUT2D eigenvalue weighted by molar-refractivity contribution is 6.06. The quantitative estimate of drug-likeness (QED) is 0.369. The van der Waals surface area contributed by atoms with Gasteiger partial charge in [0.15, 0.2) is 0 Å². The van der Waals surface area contributed by atoms with Crippen LogP contribution in [0.25, 0.3) is 0 Å². The summed E-state index contributed by atoms with van der Waals surface area (Å²) in [4.78, 5) is 12.8. The van der Waals surface area contributed by atoms with Crippen molar-refractivity contribution in [2.75, 3.05) is 11.9 Å². The molecule has 0 unspecified atom stereocenters. The molecule has 4 aromatic carbocycles. The van der Waals surface area contributed by atoms with Crippen molar-refractivity contribution in [1.29, 1.82) is 0 Å². The molecule has 0 atom stereocenters. The van der Waals surface area contributed by atoms with Crippen molar-refractivity contribution in [2.45, 2.75) is 6.42 Å². The van der Waals surface area contributed by atoms with Crippen LogP contribution in [0.1, 0.15) is 15.9 Å². The minimum Gasteiger partial charge on any atom is -0.492 e. The van der Waals surface area contributed by atoms with Crippen LogP contribution in [-0.4, -0.2) is 12.5 Å². The topological polar surface area (TPSA) is 47.6 Å². The van der Waals surface area contributed by atoms with E-state index in [4.69, 9.17) is 9.47 Å². The van der Waals surface area contributed by atoms with Gasteiger partial charge in [0.1, 0.15) is 17.2 Å². The summed E-state index contributed by atoms with van der Waals surface area (Å²) in [6, 6.07) is 34.2. The normalized spacial score (nSPS) is 10.3. The second-order valence-corrected chi connectivity index (χ2v) is 6.97. The van der Waals surface area contributed by atoms with E-state index in [0.29, 0.717) is 29.4 Å². The maximum absolute atomic E-state index is 12.8. The summed E-state index contributed by atoms with van der Waals surface area (Å²) in [5.41, 5.74) is 2.38. The van der Waals surface area contributed by atoms with E-state index in [-0.39, 0.29) is 5.91 Å². The third-order valence-electron chi connectivity index (χ3n) is 4.71. The summed E-state index contributed by atoms with van der Waals surface area (Å²) in [5, 5.41) is 2.92. The Balaban J connectivity index is 1.37. The molecule has 1 N–H and O–H groups in total. The highest BCUT2D eigenvalue weighted by atomic mass is 16.5. The van der Waals surface area contributed by atoms with Crippen molar-refractivity contribution in [3.63, 3.8) is 0 Å². The zero-order valence-electron chi connectivity index (χ0n) is 17.0. The molecule has 0 radical (unpaired) electrons. The molecule has 4 rings (SSSR count). The van der Waals surface area contributed by atoms with Crippen LogP contribution in [0.15, 0.2) is 109 Å². The Hall–Kier alpha value is -4.05. The molecule has 0 saturated carbocycles. The van der Waals surface area contributed by atoms with E-state index in [0.717, 1.165) is 12.2 Å². The molecule has 4 nitrogen and oxygen atoms in total. The highest BCUT2D eigenvalue weighted by Crippen LogP contribution is 2.24. The fraction of sp³-hybridized carbons (Fsp3) is 0.0741. The fourth-order valence-corrected chi connectivity index (χ4v) is 3.13. The van der Waals surface area contributed by atoms with E-state index in [1.807, 2.05) is 91.0 Å². The summed E-state index contributed by atoms with van der Waals surface area (Å²) in [6.07, 6.45) is 0.777. The van der Waals surface area contributed by atoms with E-state index in [9.17, 15) is 4.79 Å². The van der Waals surface area contributed by atoms with Crippen LogP contribution in [0.2, 0.25) is 0 Å². The molecule has 0 heterocycles. The molecular formula is C27H23NO3. The monoisotopic (exact) mass is 409 g/mol. The van der Waals surface area contributed by atoms with Crippen LogP contribution in [0, 0.1) is 0 Å². The van der Waals surface area contributed by atoms with Gasteiger partial charge in [0.2, 0.25) is 0 Å². The van der Waals surface area contributed by atoms with Crippen LogP contribution in [-0.2, 0) is 6.42 Å². The number of anilines is 1. The lowest BCUT2D eigenvalue weighted by Crippen LogP contribution is -2.14. The predicted molar refractivity (Wildman–Crippen MR) is 123 cm³/mol. The molecule has 0 fully saturated rings. The minimum absolute atomic E-state index is 0.216. The summed E-state index contributed by atoms with van der Waals surface area (Å²) >= 11 is 0. The van der Waals surface area contributed by atoms with Crippen LogP contribution in [0.4, 0.5) is 5.69 Å². The molecule has 0 spiro atoms. The van der Waals surface area contributed by atoms with Gasteiger partial charge < -0.3 is 14.8 Å². The zero-order valence-corrected chi connectivity index (χ0v) is 17.0. The Labute approximate surface area is 182 Å². The van der Waals surface area contributed by atoms with Crippen molar-refractivity contribution in [2.24, 2.45) is 0 Å². The van der Waals surface area contributed by atoms with Crippen molar-refractivity contribution in [1.82, 2.24) is 0 Å². The Morgan fingerprint density at radius 3 is 2.03 bits per heavy atom. The molecule has 4 heteroatoms. The van der Waals surface area contributed by atoms with E-state index in [2.05, 4.69) is 17.4 Å². The predicted octanol–water partition coefficient (Wildman–Crippen LogP) is 6.35. The zero-order chi connectivity index (χ0) is 21.3. The second kappa shape index (κ2) is 10.1. The summed E-state index contributed by atoms with van der Waals surface area (Å²) in [7, 11) is 0. The average Bonchev–Trinajstić information content (AvgIpc) is 2.82. The Morgan fingerprint density at radius 2 is 1.29 bits per heavy atom. The van der Waals surface area contributed by atoms with E-state index >= 15 is 0 Å². The second-order valence-electron chi connectivity index (χ2n) is 6.97. The van der Waals surface area contributed by atoms with Gasteiger partial charge in [-0.3, -0.25) is 4.79 Å². The van der Waals surface area contributed by atoms with Crippen LogP contribution in [0.3, 0.4) is 0 Å². The van der Waals surface area contributed by atoms with Crippen molar-refractivity contribution < 1.29 is 14.3 Å². The Kier molecular flexibility index (Phi) is 6.61. The average molecular weight is 409 g/mol. The molecule has 0 aromatic heterocycles. The lowest BCUT2D eigenvalue weighted by Gasteiger charge is -2.12. The number of rotatable bonds is 8. The number of nitrogens with one attached hydrogen (secondary N) is 1. The molecule has 1 amide bonds. The van der Waals surface area contributed by atoms with Crippen molar-refractivity contribution >= 4 is 11.6 Å². The van der Waals surface area contributed by atoms with Crippen LogP contribution in [0.5, 0.6) is 17.2 Å². The standard InChI is InChI=1S/C27H23NO3/c29-27(28-22-15-17-24(18-16-22)31-23-11-5-2-6-12-23)25-13-7-8-14-26(25)30-20-19-21-9-3-1-4-10-21/h1-18H,19-20H2,(H,28,29). The Bertz CT molecular complexity index is 1110. The first kappa shape index (κ1) is 20.2. The van der Waals surface area contributed by atoms with E-state index in [1.54, 1.807) is 6.07 Å². The summed E-state index contributed by atoms with van der Waals surface area (Å²) in [6.45, 7) is 0.500. The van der Waals surface area contributed by atoms with Crippen molar-refractivity contribution in [3.8, 4) is 17.2 Å².